The molecule has 0 aliphatic rings. The zero-order chi connectivity index (χ0) is 10.7. The highest BCUT2D eigenvalue weighted by Crippen LogP contribution is 2.24. The first-order chi connectivity index (χ1) is 6.50. The van der Waals surface area contributed by atoms with Crippen LogP contribution in [0.1, 0.15) is 17.6 Å². The number of alkyl halides is 2. The lowest BCUT2D eigenvalue weighted by atomic mass is 10.0. The van der Waals surface area contributed by atoms with Crippen LogP contribution in [0.25, 0.3) is 0 Å². The molecule has 0 unspecified atom stereocenters. The summed E-state index contributed by atoms with van der Waals surface area (Å²) in [7, 11) is 0. The van der Waals surface area contributed by atoms with Gasteiger partial charge in [-0.15, -0.1) is 0 Å². The fourth-order valence-electron chi connectivity index (χ4n) is 1.09. The third-order valence-corrected chi connectivity index (χ3v) is 1.68. The second-order valence-electron chi connectivity index (χ2n) is 2.71. The van der Waals surface area contributed by atoms with Crippen LogP contribution < -0.4 is 0 Å². The van der Waals surface area contributed by atoms with E-state index >= 15 is 0 Å². The zero-order valence-electron chi connectivity index (χ0n) is 7.01. The van der Waals surface area contributed by atoms with E-state index in [-0.39, 0.29) is 5.56 Å². The summed E-state index contributed by atoms with van der Waals surface area (Å²) in [6.45, 7) is 0. The van der Waals surface area contributed by atoms with Gasteiger partial charge in [-0.1, -0.05) is 6.07 Å². The van der Waals surface area contributed by atoms with Crippen LogP contribution in [-0.4, -0.2) is 11.1 Å². The summed E-state index contributed by atoms with van der Waals surface area (Å²) >= 11 is 0. The van der Waals surface area contributed by atoms with Crippen molar-refractivity contribution in [1.29, 1.82) is 0 Å². The van der Waals surface area contributed by atoms with Gasteiger partial charge in [0.15, 0.2) is 0 Å². The Labute approximate surface area is 78.0 Å². The van der Waals surface area contributed by atoms with Gasteiger partial charge in [0.2, 0.25) is 0 Å². The molecule has 0 atom stereocenters. The van der Waals surface area contributed by atoms with Crippen molar-refractivity contribution in [2.75, 3.05) is 0 Å². The maximum Gasteiger partial charge on any atom is 0.307 e. The number of hydrogen-bond donors (Lipinski definition) is 1. The van der Waals surface area contributed by atoms with Crippen molar-refractivity contribution >= 4 is 5.97 Å². The number of hydrogen-bond acceptors (Lipinski definition) is 1. The highest BCUT2D eigenvalue weighted by atomic mass is 19.3. The molecule has 0 saturated heterocycles. The minimum atomic E-state index is -2.86. The Morgan fingerprint density at radius 3 is 2.57 bits per heavy atom. The normalized spacial score (nSPS) is 10.6. The van der Waals surface area contributed by atoms with Gasteiger partial charge in [-0.25, -0.2) is 13.2 Å². The van der Waals surface area contributed by atoms with Gasteiger partial charge in [0.25, 0.3) is 6.43 Å². The Hall–Kier alpha value is -1.52. The molecular weight excluding hydrogens is 197 g/mol. The Morgan fingerprint density at radius 1 is 1.43 bits per heavy atom. The van der Waals surface area contributed by atoms with Gasteiger partial charge in [-0.2, -0.15) is 0 Å². The molecule has 0 spiro atoms. The third kappa shape index (κ3) is 2.48. The minimum absolute atomic E-state index is 0.0612. The average molecular weight is 204 g/mol. The molecule has 1 aromatic rings. The van der Waals surface area contributed by atoms with Crippen molar-refractivity contribution in [3.8, 4) is 0 Å². The van der Waals surface area contributed by atoms with E-state index in [0.717, 1.165) is 12.1 Å². The van der Waals surface area contributed by atoms with Crippen molar-refractivity contribution in [3.05, 3.63) is 35.1 Å². The van der Waals surface area contributed by atoms with E-state index < -0.39 is 30.2 Å². The quantitative estimate of drug-likeness (QED) is 0.820. The summed E-state index contributed by atoms with van der Waals surface area (Å²) in [4.78, 5) is 10.3. The Morgan fingerprint density at radius 2 is 2.07 bits per heavy atom. The third-order valence-electron chi connectivity index (χ3n) is 1.68. The summed E-state index contributed by atoms with van der Waals surface area (Å²) in [5.41, 5.74) is -0.624. The smallest absolute Gasteiger partial charge is 0.307 e. The number of aliphatic carboxylic acids is 1. The molecule has 2 nitrogen and oxygen atoms in total. The maximum absolute atomic E-state index is 12.6. The second kappa shape index (κ2) is 4.13. The van der Waals surface area contributed by atoms with Gasteiger partial charge in [0, 0.05) is 5.56 Å². The highest BCUT2D eigenvalue weighted by molar-refractivity contribution is 5.70. The van der Waals surface area contributed by atoms with E-state index in [1.807, 2.05) is 0 Å². The van der Waals surface area contributed by atoms with Crippen LogP contribution in [0.15, 0.2) is 18.2 Å². The van der Waals surface area contributed by atoms with Crippen molar-refractivity contribution in [1.82, 2.24) is 0 Å². The van der Waals surface area contributed by atoms with E-state index in [1.165, 1.54) is 0 Å². The maximum atomic E-state index is 12.6. The molecule has 0 aliphatic heterocycles. The fraction of sp³-hybridized carbons (Fsp3) is 0.222. The minimum Gasteiger partial charge on any atom is -0.481 e. The lowest BCUT2D eigenvalue weighted by molar-refractivity contribution is -0.136. The SMILES string of the molecule is O=C(O)Cc1ccc(F)cc1C(F)F. The summed E-state index contributed by atoms with van der Waals surface area (Å²) < 4.78 is 37.2. The molecule has 0 fully saturated rings. The van der Waals surface area contributed by atoms with Crippen LogP contribution in [0.2, 0.25) is 0 Å². The van der Waals surface area contributed by atoms with Crippen LogP contribution in [0.3, 0.4) is 0 Å². The molecule has 1 N–H and O–H groups in total. The van der Waals surface area contributed by atoms with Gasteiger partial charge >= 0.3 is 5.97 Å². The van der Waals surface area contributed by atoms with Crippen molar-refractivity contribution in [3.63, 3.8) is 0 Å². The lowest BCUT2D eigenvalue weighted by Crippen LogP contribution is -2.04. The Kier molecular flexibility index (Phi) is 3.11. The summed E-state index contributed by atoms with van der Waals surface area (Å²) in [6, 6.07) is 2.68. The van der Waals surface area contributed by atoms with Crippen LogP contribution >= 0.6 is 0 Å². The molecule has 0 heterocycles. The molecule has 0 amide bonds. The predicted molar refractivity (Wildman–Crippen MR) is 42.7 cm³/mol. The van der Waals surface area contributed by atoms with Crippen LogP contribution in [0.4, 0.5) is 13.2 Å². The van der Waals surface area contributed by atoms with Crippen LogP contribution in [0.5, 0.6) is 0 Å². The molecule has 1 aromatic carbocycles. The summed E-state index contributed by atoms with van der Waals surface area (Å²) in [5, 5.41) is 8.40. The van der Waals surface area contributed by atoms with Gasteiger partial charge in [-0.3, -0.25) is 4.79 Å². The molecule has 76 valence electrons. The van der Waals surface area contributed by atoms with Crippen molar-refractivity contribution < 1.29 is 23.1 Å². The highest BCUT2D eigenvalue weighted by Gasteiger charge is 2.15. The monoisotopic (exact) mass is 204 g/mol. The largest absolute Gasteiger partial charge is 0.481 e. The number of benzene rings is 1. The summed E-state index contributed by atoms with van der Waals surface area (Å²) in [6.07, 6.45) is -3.39. The number of rotatable bonds is 3. The average Bonchev–Trinajstić information content (AvgIpc) is 2.07. The number of carboxylic acids is 1. The van der Waals surface area contributed by atoms with Crippen molar-refractivity contribution in [2.24, 2.45) is 0 Å². The molecule has 5 heteroatoms. The molecule has 0 radical (unpaired) electrons. The van der Waals surface area contributed by atoms with E-state index in [0.29, 0.717) is 6.07 Å². The molecule has 0 saturated carbocycles. The Bertz CT molecular complexity index is 350. The number of carboxylic acid groups (broad SMARTS) is 1. The van der Waals surface area contributed by atoms with Crippen LogP contribution in [-0.2, 0) is 11.2 Å². The van der Waals surface area contributed by atoms with E-state index in [1.54, 1.807) is 0 Å². The number of halogens is 3. The van der Waals surface area contributed by atoms with Gasteiger partial charge in [-0.05, 0) is 17.7 Å². The molecule has 14 heavy (non-hydrogen) atoms. The standard InChI is InChI=1S/C9H7F3O2/c10-6-2-1-5(3-8(13)14)7(4-6)9(11)12/h1-2,4,9H,3H2,(H,13,14). The molecular formula is C9H7F3O2. The molecule has 0 aliphatic carbocycles. The van der Waals surface area contributed by atoms with Gasteiger partial charge < -0.3 is 5.11 Å². The Balaban J connectivity index is 3.08. The van der Waals surface area contributed by atoms with Gasteiger partial charge in [0.1, 0.15) is 5.82 Å². The first-order valence-corrected chi connectivity index (χ1v) is 3.79. The molecule has 1 rings (SSSR count). The first kappa shape index (κ1) is 10.6. The predicted octanol–water partition coefficient (Wildman–Crippen LogP) is 2.39. The second-order valence-corrected chi connectivity index (χ2v) is 2.71. The first-order valence-electron chi connectivity index (χ1n) is 3.79. The van der Waals surface area contributed by atoms with E-state index in [2.05, 4.69) is 0 Å². The number of carbonyl (C=O) groups is 1. The molecule has 0 bridgehead atoms. The van der Waals surface area contributed by atoms with E-state index in [9.17, 15) is 18.0 Å². The summed E-state index contributed by atoms with van der Waals surface area (Å²) in [5.74, 6) is -2.02. The van der Waals surface area contributed by atoms with Crippen LogP contribution in [0, 0.1) is 5.82 Å². The lowest BCUT2D eigenvalue weighted by Gasteiger charge is -2.06. The van der Waals surface area contributed by atoms with Crippen molar-refractivity contribution in [2.45, 2.75) is 12.8 Å². The van der Waals surface area contributed by atoms with Gasteiger partial charge in [0.05, 0.1) is 6.42 Å². The zero-order valence-corrected chi connectivity index (χ0v) is 7.01. The molecule has 0 aromatic heterocycles. The fourth-order valence-corrected chi connectivity index (χ4v) is 1.09. The van der Waals surface area contributed by atoms with E-state index in [4.69, 9.17) is 5.11 Å². The topological polar surface area (TPSA) is 37.3 Å².